The molecule has 1 aromatic carbocycles. The van der Waals surface area contributed by atoms with Crippen molar-refractivity contribution in [2.45, 2.75) is 32.0 Å². The second-order valence-electron chi connectivity index (χ2n) is 7.37. The lowest BCUT2D eigenvalue weighted by atomic mass is 10.1. The third-order valence-corrected chi connectivity index (χ3v) is 5.70. The first-order valence-corrected chi connectivity index (χ1v) is 10.8. The molecule has 0 atom stereocenters. The van der Waals surface area contributed by atoms with Gasteiger partial charge in [0.1, 0.15) is 12.2 Å². The van der Waals surface area contributed by atoms with Crippen LogP contribution in [0.1, 0.15) is 24.6 Å². The van der Waals surface area contributed by atoms with Gasteiger partial charge in [-0.15, -0.1) is 5.10 Å². The molecule has 1 saturated heterocycles. The summed E-state index contributed by atoms with van der Waals surface area (Å²) in [7, 11) is 0. The molecule has 3 N–H and O–H groups in total. The van der Waals surface area contributed by atoms with Gasteiger partial charge in [0.05, 0.1) is 25.3 Å². The van der Waals surface area contributed by atoms with Gasteiger partial charge in [-0.1, -0.05) is 27.2 Å². The van der Waals surface area contributed by atoms with Crippen molar-refractivity contribution in [1.82, 2.24) is 35.5 Å². The zero-order valence-corrected chi connectivity index (χ0v) is 18.1. The summed E-state index contributed by atoms with van der Waals surface area (Å²) in [6, 6.07) is 8.23. The third-order valence-electron chi connectivity index (χ3n) is 5.20. The summed E-state index contributed by atoms with van der Waals surface area (Å²) in [4.78, 5) is 24.3. The fraction of sp³-hybridized carbons (Fsp3) is 0.400. The quantitative estimate of drug-likeness (QED) is 0.480. The van der Waals surface area contributed by atoms with Crippen molar-refractivity contribution in [3.63, 3.8) is 0 Å². The molecule has 0 saturated carbocycles. The van der Waals surface area contributed by atoms with Crippen LogP contribution >= 0.6 is 15.9 Å². The SMILES string of the molecule is O=C(CNC(=O)Cn1ccc2ccc(Br)cc21)NCc1cn(C2CCNCC2)nn1. The van der Waals surface area contributed by atoms with Crippen molar-refractivity contribution in [2.75, 3.05) is 19.6 Å². The number of rotatable bonds is 7. The molecule has 3 heterocycles. The van der Waals surface area contributed by atoms with Gasteiger partial charge in [0.15, 0.2) is 0 Å². The number of nitrogens with one attached hydrogen (secondary N) is 3. The van der Waals surface area contributed by atoms with E-state index in [-0.39, 0.29) is 31.4 Å². The van der Waals surface area contributed by atoms with E-state index in [1.165, 1.54) is 0 Å². The van der Waals surface area contributed by atoms with E-state index in [0.717, 1.165) is 41.3 Å². The van der Waals surface area contributed by atoms with Crippen molar-refractivity contribution in [2.24, 2.45) is 0 Å². The molecule has 3 aromatic rings. The summed E-state index contributed by atoms with van der Waals surface area (Å²) in [6.07, 6.45) is 5.79. The Bertz CT molecular complexity index is 1040. The highest BCUT2D eigenvalue weighted by Gasteiger charge is 2.16. The highest BCUT2D eigenvalue weighted by molar-refractivity contribution is 9.10. The lowest BCUT2D eigenvalue weighted by Crippen LogP contribution is -2.38. The largest absolute Gasteiger partial charge is 0.349 e. The number of aromatic nitrogens is 4. The molecule has 0 bridgehead atoms. The topological polar surface area (TPSA) is 106 Å². The molecule has 1 fully saturated rings. The summed E-state index contributed by atoms with van der Waals surface area (Å²) in [6.45, 7) is 2.32. The lowest BCUT2D eigenvalue weighted by molar-refractivity contribution is -0.126. The molecule has 1 aliphatic rings. The van der Waals surface area contributed by atoms with E-state index in [0.29, 0.717) is 11.7 Å². The number of piperidine rings is 1. The summed E-state index contributed by atoms with van der Waals surface area (Å²) in [5, 5.41) is 18.1. The summed E-state index contributed by atoms with van der Waals surface area (Å²) < 4.78 is 4.68. The molecular weight excluding hydrogens is 450 g/mol. The molecular formula is C20H24BrN7O2. The molecule has 1 aliphatic heterocycles. The molecule has 158 valence electrons. The molecule has 0 aliphatic carbocycles. The molecule has 4 rings (SSSR count). The van der Waals surface area contributed by atoms with Crippen LogP contribution in [0.3, 0.4) is 0 Å². The zero-order valence-electron chi connectivity index (χ0n) is 16.5. The Morgan fingerprint density at radius 2 is 2.00 bits per heavy atom. The van der Waals surface area contributed by atoms with Crippen LogP contribution in [0.25, 0.3) is 10.9 Å². The van der Waals surface area contributed by atoms with Gasteiger partial charge in [0.25, 0.3) is 0 Å². The zero-order chi connectivity index (χ0) is 20.9. The highest BCUT2D eigenvalue weighted by Crippen LogP contribution is 2.20. The molecule has 30 heavy (non-hydrogen) atoms. The molecule has 2 amide bonds. The Balaban J connectivity index is 1.22. The van der Waals surface area contributed by atoms with Gasteiger partial charge in [-0.05, 0) is 49.5 Å². The van der Waals surface area contributed by atoms with E-state index in [1.54, 1.807) is 0 Å². The number of benzene rings is 1. The third kappa shape index (κ3) is 5.06. The van der Waals surface area contributed by atoms with Gasteiger partial charge in [-0.25, -0.2) is 4.68 Å². The Kier molecular flexibility index (Phi) is 6.44. The number of fused-ring (bicyclic) bond motifs is 1. The number of amides is 2. The van der Waals surface area contributed by atoms with Gasteiger partial charge in [-0.3, -0.25) is 9.59 Å². The van der Waals surface area contributed by atoms with E-state index in [2.05, 4.69) is 42.2 Å². The van der Waals surface area contributed by atoms with E-state index < -0.39 is 0 Å². The highest BCUT2D eigenvalue weighted by atomic mass is 79.9. The van der Waals surface area contributed by atoms with E-state index in [4.69, 9.17) is 0 Å². The molecule has 0 unspecified atom stereocenters. The lowest BCUT2D eigenvalue weighted by Gasteiger charge is -2.22. The van der Waals surface area contributed by atoms with Gasteiger partial charge in [-0.2, -0.15) is 0 Å². The minimum atomic E-state index is -0.264. The van der Waals surface area contributed by atoms with Crippen LogP contribution in [0, 0.1) is 0 Å². The van der Waals surface area contributed by atoms with E-state index >= 15 is 0 Å². The molecule has 0 radical (unpaired) electrons. The second kappa shape index (κ2) is 9.40. The summed E-state index contributed by atoms with van der Waals surface area (Å²) in [5.74, 6) is -0.487. The van der Waals surface area contributed by atoms with Crippen molar-refractivity contribution in [1.29, 1.82) is 0 Å². The van der Waals surface area contributed by atoms with Crippen LogP contribution in [0.15, 0.2) is 41.1 Å². The van der Waals surface area contributed by atoms with Crippen LogP contribution in [-0.4, -0.2) is 51.0 Å². The van der Waals surface area contributed by atoms with Crippen LogP contribution in [0.5, 0.6) is 0 Å². The average molecular weight is 474 g/mol. The van der Waals surface area contributed by atoms with Crippen LogP contribution in [-0.2, 0) is 22.7 Å². The number of carbonyl (C=O) groups excluding carboxylic acids is 2. The Morgan fingerprint density at radius 3 is 2.83 bits per heavy atom. The van der Waals surface area contributed by atoms with Crippen molar-refractivity contribution >= 4 is 38.6 Å². The number of nitrogens with zero attached hydrogens (tertiary/aromatic N) is 4. The Labute approximate surface area is 182 Å². The van der Waals surface area contributed by atoms with Gasteiger partial charge in [0, 0.05) is 16.2 Å². The van der Waals surface area contributed by atoms with Gasteiger partial charge in [0.2, 0.25) is 11.8 Å². The predicted octanol–water partition coefficient (Wildman–Crippen LogP) is 1.35. The van der Waals surface area contributed by atoms with Gasteiger partial charge >= 0.3 is 0 Å². The standard InChI is InChI=1S/C20H24BrN7O2/c21-15-2-1-14-5-8-27(18(14)9-15)13-20(30)24-11-19(29)23-10-16-12-28(26-25-16)17-3-6-22-7-4-17/h1-2,5,8-9,12,17,22H,3-4,6-7,10-11,13H2,(H,23,29)(H,24,30). The van der Waals surface area contributed by atoms with Crippen LogP contribution in [0.4, 0.5) is 0 Å². The fourth-order valence-electron chi connectivity index (χ4n) is 3.58. The Morgan fingerprint density at radius 1 is 1.17 bits per heavy atom. The normalized spacial score (nSPS) is 14.7. The first-order chi connectivity index (χ1) is 14.6. The van der Waals surface area contributed by atoms with Gasteiger partial charge < -0.3 is 20.5 Å². The first kappa shape index (κ1) is 20.5. The van der Waals surface area contributed by atoms with E-state index in [1.807, 2.05) is 45.9 Å². The van der Waals surface area contributed by atoms with Crippen LogP contribution < -0.4 is 16.0 Å². The molecule has 0 spiro atoms. The van der Waals surface area contributed by atoms with Crippen molar-refractivity contribution < 1.29 is 9.59 Å². The summed E-state index contributed by atoms with van der Waals surface area (Å²) >= 11 is 3.45. The maximum absolute atomic E-state index is 12.2. The fourth-order valence-corrected chi connectivity index (χ4v) is 3.93. The minimum absolute atomic E-state index is 0.0792. The predicted molar refractivity (Wildman–Crippen MR) is 116 cm³/mol. The monoisotopic (exact) mass is 473 g/mol. The number of hydrogen-bond acceptors (Lipinski definition) is 5. The molecule has 9 nitrogen and oxygen atoms in total. The second-order valence-corrected chi connectivity index (χ2v) is 8.29. The number of hydrogen-bond donors (Lipinski definition) is 3. The van der Waals surface area contributed by atoms with Crippen LogP contribution in [0.2, 0.25) is 0 Å². The number of carbonyl (C=O) groups is 2. The van der Waals surface area contributed by atoms with E-state index in [9.17, 15) is 9.59 Å². The molecule has 2 aromatic heterocycles. The average Bonchev–Trinajstić information content (AvgIpc) is 3.39. The maximum Gasteiger partial charge on any atom is 0.240 e. The minimum Gasteiger partial charge on any atom is -0.349 e. The number of halogens is 1. The van der Waals surface area contributed by atoms with Crippen molar-refractivity contribution in [3.05, 3.63) is 46.8 Å². The Hall–Kier alpha value is -2.72. The van der Waals surface area contributed by atoms with Crippen molar-refractivity contribution in [3.8, 4) is 0 Å². The molecule has 10 heteroatoms. The first-order valence-electron chi connectivity index (χ1n) is 9.98. The smallest absolute Gasteiger partial charge is 0.240 e. The summed E-state index contributed by atoms with van der Waals surface area (Å²) in [5.41, 5.74) is 1.67. The maximum atomic E-state index is 12.2.